The predicted octanol–water partition coefficient (Wildman–Crippen LogP) is 1.90. The van der Waals surface area contributed by atoms with E-state index in [2.05, 4.69) is 15.3 Å². The van der Waals surface area contributed by atoms with E-state index in [0.717, 1.165) is 16.6 Å². The van der Waals surface area contributed by atoms with Crippen LogP contribution in [-0.4, -0.2) is 22.4 Å². The van der Waals surface area contributed by atoms with Crippen LogP contribution in [0.3, 0.4) is 0 Å². The van der Waals surface area contributed by atoms with E-state index < -0.39 is 0 Å². The van der Waals surface area contributed by atoms with E-state index in [1.165, 1.54) is 0 Å². The van der Waals surface area contributed by atoms with Crippen LogP contribution in [0.2, 0.25) is 0 Å². The average molecular weight is 293 g/mol. The minimum atomic E-state index is -0.381. The third-order valence-electron chi connectivity index (χ3n) is 3.39. The summed E-state index contributed by atoms with van der Waals surface area (Å²) in [5, 5.41) is 3.58. The third kappa shape index (κ3) is 3.03. The van der Waals surface area contributed by atoms with E-state index in [4.69, 9.17) is 0 Å². The monoisotopic (exact) mass is 293 g/mol. The fraction of sp³-hybridized carbons (Fsp3) is 0.118. The predicted molar refractivity (Wildman–Crippen MR) is 84.8 cm³/mol. The summed E-state index contributed by atoms with van der Waals surface area (Å²) in [6.07, 6.45) is 2.34. The Morgan fingerprint density at radius 2 is 1.95 bits per heavy atom. The first-order valence-corrected chi connectivity index (χ1v) is 7.04. The number of hydrogen-bond donors (Lipinski definition) is 2. The Hall–Kier alpha value is -2.95. The number of pyridine rings is 2. The molecule has 2 N–H and O–H groups in total. The average Bonchev–Trinajstić information content (AvgIpc) is 2.55. The fourth-order valence-corrected chi connectivity index (χ4v) is 2.26. The maximum Gasteiger partial charge on any atom is 0.261 e. The zero-order valence-electron chi connectivity index (χ0n) is 11.9. The fourth-order valence-electron chi connectivity index (χ4n) is 2.26. The summed E-state index contributed by atoms with van der Waals surface area (Å²) in [5.74, 6) is -0.372. The number of fused-ring (bicyclic) bond motifs is 1. The first kappa shape index (κ1) is 14.0. The lowest BCUT2D eigenvalue weighted by Crippen LogP contribution is -2.31. The van der Waals surface area contributed by atoms with Gasteiger partial charge in [0.05, 0.1) is 0 Å². The number of rotatable bonds is 4. The second-order valence-corrected chi connectivity index (χ2v) is 4.93. The van der Waals surface area contributed by atoms with Crippen molar-refractivity contribution in [3.63, 3.8) is 0 Å². The van der Waals surface area contributed by atoms with Gasteiger partial charge in [-0.2, -0.15) is 0 Å². The van der Waals surface area contributed by atoms with Gasteiger partial charge < -0.3 is 10.3 Å². The van der Waals surface area contributed by atoms with Crippen LogP contribution >= 0.6 is 0 Å². The number of benzene rings is 1. The number of carbonyl (C=O) groups is 1. The van der Waals surface area contributed by atoms with E-state index in [0.29, 0.717) is 13.0 Å². The van der Waals surface area contributed by atoms with Crippen LogP contribution in [0.25, 0.3) is 10.9 Å². The lowest BCUT2D eigenvalue weighted by Gasteiger charge is -2.05. The van der Waals surface area contributed by atoms with Crippen molar-refractivity contribution in [1.82, 2.24) is 15.3 Å². The topological polar surface area (TPSA) is 74.8 Å². The van der Waals surface area contributed by atoms with Crippen molar-refractivity contribution in [2.75, 3.05) is 6.54 Å². The van der Waals surface area contributed by atoms with E-state index in [1.807, 2.05) is 36.4 Å². The van der Waals surface area contributed by atoms with Crippen LogP contribution in [0, 0.1) is 0 Å². The molecule has 0 unspecified atom stereocenters. The second-order valence-electron chi connectivity index (χ2n) is 4.93. The minimum absolute atomic E-state index is 0.125. The number of aromatic amines is 1. The molecule has 0 aliphatic carbocycles. The molecule has 0 aliphatic rings. The summed E-state index contributed by atoms with van der Waals surface area (Å²) in [4.78, 5) is 31.0. The van der Waals surface area contributed by atoms with Gasteiger partial charge in [0, 0.05) is 30.4 Å². The molecule has 22 heavy (non-hydrogen) atoms. The molecule has 0 atom stereocenters. The van der Waals surface area contributed by atoms with Crippen molar-refractivity contribution in [2.24, 2.45) is 0 Å². The highest BCUT2D eigenvalue weighted by Crippen LogP contribution is 2.09. The van der Waals surface area contributed by atoms with Crippen LogP contribution < -0.4 is 10.9 Å². The van der Waals surface area contributed by atoms with Crippen molar-refractivity contribution < 1.29 is 4.79 Å². The first-order chi connectivity index (χ1) is 10.7. The van der Waals surface area contributed by atoms with E-state index in [-0.39, 0.29) is 17.0 Å². The Morgan fingerprint density at radius 3 is 2.77 bits per heavy atom. The van der Waals surface area contributed by atoms with E-state index >= 15 is 0 Å². The quantitative estimate of drug-likeness (QED) is 0.771. The van der Waals surface area contributed by atoms with Crippen LogP contribution in [-0.2, 0) is 6.42 Å². The largest absolute Gasteiger partial charge is 0.351 e. The number of amides is 1. The Morgan fingerprint density at radius 1 is 1.14 bits per heavy atom. The minimum Gasteiger partial charge on any atom is -0.351 e. The maximum atomic E-state index is 12.1. The number of nitrogens with zero attached hydrogens (tertiary/aromatic N) is 1. The van der Waals surface area contributed by atoms with Crippen LogP contribution in [0.5, 0.6) is 0 Å². The van der Waals surface area contributed by atoms with Crippen molar-refractivity contribution in [3.05, 3.63) is 76.3 Å². The first-order valence-electron chi connectivity index (χ1n) is 7.04. The van der Waals surface area contributed by atoms with Crippen LogP contribution in [0.4, 0.5) is 0 Å². The SMILES string of the molecule is O=C(NCCc1ccccn1)c1cc2ccccc2[nH]c1=O. The van der Waals surface area contributed by atoms with Gasteiger partial charge in [-0.05, 0) is 29.7 Å². The zero-order chi connectivity index (χ0) is 15.4. The summed E-state index contributed by atoms with van der Waals surface area (Å²) in [6.45, 7) is 0.433. The molecule has 0 spiro atoms. The highest BCUT2D eigenvalue weighted by molar-refractivity contribution is 5.97. The highest BCUT2D eigenvalue weighted by Gasteiger charge is 2.11. The number of H-pyrrole nitrogens is 1. The molecule has 3 aromatic rings. The molecule has 2 aromatic heterocycles. The Balaban J connectivity index is 1.72. The highest BCUT2D eigenvalue weighted by atomic mass is 16.2. The maximum absolute atomic E-state index is 12.1. The second kappa shape index (κ2) is 6.22. The van der Waals surface area contributed by atoms with Gasteiger partial charge in [-0.3, -0.25) is 14.6 Å². The van der Waals surface area contributed by atoms with Crippen LogP contribution in [0.15, 0.2) is 59.5 Å². The van der Waals surface area contributed by atoms with Gasteiger partial charge in [0.15, 0.2) is 0 Å². The molecule has 1 aromatic carbocycles. The lowest BCUT2D eigenvalue weighted by molar-refractivity contribution is 0.0952. The van der Waals surface area contributed by atoms with Gasteiger partial charge in [0.2, 0.25) is 0 Å². The summed E-state index contributed by atoms with van der Waals surface area (Å²) < 4.78 is 0. The molecule has 0 fully saturated rings. The molecule has 2 heterocycles. The zero-order valence-corrected chi connectivity index (χ0v) is 11.9. The number of hydrogen-bond acceptors (Lipinski definition) is 3. The van der Waals surface area contributed by atoms with E-state index in [9.17, 15) is 9.59 Å². The lowest BCUT2D eigenvalue weighted by atomic mass is 10.1. The van der Waals surface area contributed by atoms with E-state index in [1.54, 1.807) is 18.3 Å². The molecule has 110 valence electrons. The molecule has 5 nitrogen and oxygen atoms in total. The van der Waals surface area contributed by atoms with Gasteiger partial charge in [-0.25, -0.2) is 0 Å². The van der Waals surface area contributed by atoms with Crippen LogP contribution in [0.1, 0.15) is 16.1 Å². The smallest absolute Gasteiger partial charge is 0.261 e. The number of nitrogens with one attached hydrogen (secondary N) is 2. The molecule has 5 heteroatoms. The third-order valence-corrected chi connectivity index (χ3v) is 3.39. The molecule has 0 radical (unpaired) electrons. The molecule has 1 amide bonds. The summed E-state index contributed by atoms with van der Waals surface area (Å²) in [7, 11) is 0. The van der Waals surface area contributed by atoms with Crippen molar-refractivity contribution in [2.45, 2.75) is 6.42 Å². The van der Waals surface area contributed by atoms with Crippen molar-refractivity contribution in [3.8, 4) is 0 Å². The molecular formula is C17H15N3O2. The standard InChI is InChI=1S/C17H15N3O2/c21-16(19-10-8-13-6-3-4-9-18-13)14-11-12-5-1-2-7-15(12)20-17(14)22/h1-7,9,11H,8,10H2,(H,19,21)(H,20,22). The number of carbonyl (C=O) groups excluding carboxylic acids is 1. The Bertz CT molecular complexity index is 856. The summed E-state index contributed by atoms with van der Waals surface area (Å²) in [5.41, 5.74) is 1.36. The Labute approximate surface area is 127 Å². The van der Waals surface area contributed by atoms with Gasteiger partial charge in [0.25, 0.3) is 11.5 Å². The molecule has 0 saturated carbocycles. The van der Waals surface area contributed by atoms with Crippen molar-refractivity contribution >= 4 is 16.8 Å². The summed E-state index contributed by atoms with van der Waals surface area (Å²) >= 11 is 0. The molecule has 0 saturated heterocycles. The number of para-hydroxylation sites is 1. The Kier molecular flexibility index (Phi) is 3.96. The summed E-state index contributed by atoms with van der Waals surface area (Å²) in [6, 6.07) is 14.6. The molecule has 3 rings (SSSR count). The van der Waals surface area contributed by atoms with Gasteiger partial charge in [0.1, 0.15) is 5.56 Å². The van der Waals surface area contributed by atoms with Gasteiger partial charge in [-0.15, -0.1) is 0 Å². The van der Waals surface area contributed by atoms with Gasteiger partial charge in [-0.1, -0.05) is 24.3 Å². The number of aromatic nitrogens is 2. The van der Waals surface area contributed by atoms with Crippen molar-refractivity contribution in [1.29, 1.82) is 0 Å². The molecule has 0 aliphatic heterocycles. The molecular weight excluding hydrogens is 278 g/mol. The molecule has 0 bridgehead atoms. The van der Waals surface area contributed by atoms with Gasteiger partial charge >= 0.3 is 0 Å². The normalized spacial score (nSPS) is 10.5.